The van der Waals surface area contributed by atoms with Crippen LogP contribution >= 0.6 is 0 Å². The summed E-state index contributed by atoms with van der Waals surface area (Å²) in [6.45, 7) is 4.41. The van der Waals surface area contributed by atoms with Gasteiger partial charge < -0.3 is 15.6 Å². The van der Waals surface area contributed by atoms with Gasteiger partial charge in [0.2, 0.25) is 0 Å². The molecule has 2 aromatic heterocycles. The van der Waals surface area contributed by atoms with E-state index in [2.05, 4.69) is 33.6 Å². The van der Waals surface area contributed by atoms with Gasteiger partial charge in [0, 0.05) is 12.5 Å². The first-order chi connectivity index (χ1) is 9.77. The van der Waals surface area contributed by atoms with Crippen LogP contribution in [0.4, 0.5) is 5.82 Å². The summed E-state index contributed by atoms with van der Waals surface area (Å²) >= 11 is 0. The molecule has 0 radical (unpaired) electrons. The molecule has 1 saturated heterocycles. The molecular formula is C15H23N5. The van der Waals surface area contributed by atoms with Crippen LogP contribution in [0.25, 0.3) is 11.2 Å². The number of H-pyrrole nitrogens is 1. The molecular weight excluding hydrogens is 250 g/mol. The normalized spacial score (nSPS) is 18.3. The molecule has 1 aliphatic rings. The summed E-state index contributed by atoms with van der Waals surface area (Å²) in [5, 5.41) is 6.52. The molecule has 2 aromatic rings. The Balaban J connectivity index is 2.02. The zero-order valence-corrected chi connectivity index (χ0v) is 12.3. The Bertz CT molecular complexity index is 577. The second kappa shape index (κ2) is 5.40. The highest BCUT2D eigenvalue weighted by molar-refractivity contribution is 5.73. The minimum Gasteiger partial charge on any atom is -0.373 e. The van der Waals surface area contributed by atoms with Crippen LogP contribution in [0.15, 0.2) is 12.1 Å². The lowest BCUT2D eigenvalue weighted by molar-refractivity contribution is 0.273. The highest BCUT2D eigenvalue weighted by Gasteiger charge is 2.35. The van der Waals surface area contributed by atoms with Gasteiger partial charge in [-0.1, -0.05) is 13.3 Å². The van der Waals surface area contributed by atoms with Crippen molar-refractivity contribution in [1.29, 1.82) is 0 Å². The zero-order chi connectivity index (χ0) is 14.0. The maximum absolute atomic E-state index is 4.80. The Morgan fingerprint density at radius 3 is 2.75 bits per heavy atom. The summed E-state index contributed by atoms with van der Waals surface area (Å²) in [6.07, 6.45) is 4.68. The molecule has 0 saturated carbocycles. The number of hydrogen-bond donors (Lipinski definition) is 3. The first-order valence-electron chi connectivity index (χ1n) is 7.53. The lowest BCUT2D eigenvalue weighted by Gasteiger charge is -2.35. The summed E-state index contributed by atoms with van der Waals surface area (Å²) < 4.78 is 0. The van der Waals surface area contributed by atoms with E-state index in [9.17, 15) is 0 Å². The van der Waals surface area contributed by atoms with Gasteiger partial charge in [-0.05, 0) is 44.5 Å². The number of anilines is 1. The number of imidazole rings is 1. The molecule has 0 aliphatic carbocycles. The molecule has 1 fully saturated rings. The first kappa shape index (κ1) is 13.4. The summed E-state index contributed by atoms with van der Waals surface area (Å²) in [7, 11) is 1.88. The van der Waals surface area contributed by atoms with E-state index in [1.54, 1.807) is 0 Å². The molecule has 0 amide bonds. The van der Waals surface area contributed by atoms with E-state index in [0.717, 1.165) is 48.7 Å². The Hall–Kier alpha value is -1.62. The van der Waals surface area contributed by atoms with Crippen molar-refractivity contribution in [3.8, 4) is 0 Å². The molecule has 0 bridgehead atoms. The molecule has 20 heavy (non-hydrogen) atoms. The Kier molecular flexibility index (Phi) is 3.61. The van der Waals surface area contributed by atoms with E-state index >= 15 is 0 Å². The van der Waals surface area contributed by atoms with Crippen molar-refractivity contribution in [2.24, 2.45) is 0 Å². The molecule has 0 aromatic carbocycles. The van der Waals surface area contributed by atoms with Crippen molar-refractivity contribution in [3.05, 3.63) is 18.0 Å². The molecule has 5 heteroatoms. The van der Waals surface area contributed by atoms with Gasteiger partial charge in [-0.3, -0.25) is 0 Å². The van der Waals surface area contributed by atoms with Gasteiger partial charge in [-0.25, -0.2) is 9.97 Å². The van der Waals surface area contributed by atoms with Gasteiger partial charge in [0.1, 0.15) is 11.6 Å². The van der Waals surface area contributed by atoms with E-state index in [1.165, 1.54) is 12.8 Å². The van der Waals surface area contributed by atoms with Crippen LogP contribution in [-0.4, -0.2) is 35.1 Å². The van der Waals surface area contributed by atoms with Crippen LogP contribution in [0.2, 0.25) is 0 Å². The van der Waals surface area contributed by atoms with Gasteiger partial charge in [0.15, 0.2) is 5.65 Å². The summed E-state index contributed by atoms with van der Waals surface area (Å²) in [5.74, 6) is 1.99. The second-order valence-electron chi connectivity index (χ2n) is 5.68. The van der Waals surface area contributed by atoms with Gasteiger partial charge in [-0.2, -0.15) is 0 Å². The van der Waals surface area contributed by atoms with Crippen LogP contribution in [0.3, 0.4) is 0 Å². The average Bonchev–Trinajstić information content (AvgIpc) is 2.92. The highest BCUT2D eigenvalue weighted by atomic mass is 15.1. The van der Waals surface area contributed by atoms with Crippen molar-refractivity contribution < 1.29 is 0 Å². The van der Waals surface area contributed by atoms with Gasteiger partial charge in [-0.15, -0.1) is 0 Å². The smallest absolute Gasteiger partial charge is 0.179 e. The molecule has 0 spiro atoms. The fourth-order valence-electron chi connectivity index (χ4n) is 3.27. The third-order valence-electron chi connectivity index (χ3n) is 4.39. The van der Waals surface area contributed by atoms with Crippen LogP contribution in [0.1, 0.15) is 38.4 Å². The third-order valence-corrected chi connectivity index (χ3v) is 4.39. The molecule has 108 valence electrons. The van der Waals surface area contributed by atoms with Crippen molar-refractivity contribution in [1.82, 2.24) is 20.3 Å². The van der Waals surface area contributed by atoms with Crippen molar-refractivity contribution in [2.75, 3.05) is 25.5 Å². The molecule has 0 atom stereocenters. The fraction of sp³-hybridized carbons (Fsp3) is 0.600. The summed E-state index contributed by atoms with van der Waals surface area (Å²) in [6, 6.07) is 4.05. The number of aromatic amines is 1. The molecule has 5 nitrogen and oxygen atoms in total. The number of piperidine rings is 1. The lowest BCUT2D eigenvalue weighted by atomic mass is 9.75. The topological polar surface area (TPSA) is 65.6 Å². The van der Waals surface area contributed by atoms with Gasteiger partial charge in [0.05, 0.1) is 5.52 Å². The van der Waals surface area contributed by atoms with E-state index in [1.807, 2.05) is 13.1 Å². The van der Waals surface area contributed by atoms with E-state index in [-0.39, 0.29) is 5.41 Å². The standard InChI is InChI=1S/C15H23N5/c1-3-6-15(7-9-17-10-8-15)14-18-11-4-5-12(16-2)19-13(11)20-14/h4-5,17H,3,6-10H2,1-2H3,(H2,16,18,19,20). The summed E-state index contributed by atoms with van der Waals surface area (Å²) in [4.78, 5) is 12.8. The van der Waals surface area contributed by atoms with E-state index < -0.39 is 0 Å². The zero-order valence-electron chi connectivity index (χ0n) is 12.3. The van der Waals surface area contributed by atoms with Crippen molar-refractivity contribution >= 4 is 17.0 Å². The van der Waals surface area contributed by atoms with Crippen LogP contribution in [-0.2, 0) is 5.41 Å². The SMILES string of the molecule is CCCC1(c2nc3nc(NC)ccc3[nH]2)CCNCC1. The highest BCUT2D eigenvalue weighted by Crippen LogP contribution is 2.36. The Labute approximate surface area is 119 Å². The molecule has 3 N–H and O–H groups in total. The number of aromatic nitrogens is 3. The minimum atomic E-state index is 0.195. The maximum atomic E-state index is 4.80. The van der Waals surface area contributed by atoms with Crippen LogP contribution in [0, 0.1) is 0 Å². The Morgan fingerprint density at radius 1 is 1.25 bits per heavy atom. The van der Waals surface area contributed by atoms with Crippen molar-refractivity contribution in [3.63, 3.8) is 0 Å². The number of nitrogens with zero attached hydrogens (tertiary/aromatic N) is 2. The average molecular weight is 273 g/mol. The molecule has 1 aliphatic heterocycles. The van der Waals surface area contributed by atoms with Crippen molar-refractivity contribution in [2.45, 2.75) is 38.0 Å². The monoisotopic (exact) mass is 273 g/mol. The van der Waals surface area contributed by atoms with Gasteiger partial charge in [0.25, 0.3) is 0 Å². The molecule has 3 heterocycles. The molecule has 0 unspecified atom stereocenters. The van der Waals surface area contributed by atoms with E-state index in [4.69, 9.17) is 4.98 Å². The lowest BCUT2D eigenvalue weighted by Crippen LogP contribution is -2.40. The third kappa shape index (κ3) is 2.26. The minimum absolute atomic E-state index is 0.195. The fourth-order valence-corrected chi connectivity index (χ4v) is 3.27. The summed E-state index contributed by atoms with van der Waals surface area (Å²) in [5.41, 5.74) is 2.05. The number of hydrogen-bond acceptors (Lipinski definition) is 4. The number of pyridine rings is 1. The maximum Gasteiger partial charge on any atom is 0.179 e. The van der Waals surface area contributed by atoms with Crippen LogP contribution in [0.5, 0.6) is 0 Å². The Morgan fingerprint density at radius 2 is 2.05 bits per heavy atom. The predicted molar refractivity (Wildman–Crippen MR) is 82.1 cm³/mol. The number of nitrogens with one attached hydrogen (secondary N) is 3. The predicted octanol–water partition coefficient (Wildman–Crippen LogP) is 2.42. The first-order valence-corrected chi connectivity index (χ1v) is 7.53. The van der Waals surface area contributed by atoms with Gasteiger partial charge >= 0.3 is 0 Å². The molecule has 3 rings (SSSR count). The van der Waals surface area contributed by atoms with Crippen LogP contribution < -0.4 is 10.6 Å². The quantitative estimate of drug-likeness (QED) is 0.800. The number of rotatable bonds is 4. The second-order valence-corrected chi connectivity index (χ2v) is 5.68. The van der Waals surface area contributed by atoms with E-state index in [0.29, 0.717) is 0 Å². The largest absolute Gasteiger partial charge is 0.373 e. The number of fused-ring (bicyclic) bond motifs is 1.